The van der Waals surface area contributed by atoms with E-state index in [-0.39, 0.29) is 0 Å². The van der Waals surface area contributed by atoms with Gasteiger partial charge in [0.2, 0.25) is 0 Å². The summed E-state index contributed by atoms with van der Waals surface area (Å²) in [6.07, 6.45) is 0. The van der Waals surface area contributed by atoms with E-state index in [2.05, 4.69) is 13.8 Å². The Hall–Kier alpha value is 0.217. The fourth-order valence-corrected chi connectivity index (χ4v) is 1.87. The molecule has 1 saturated heterocycles. The van der Waals surface area contributed by atoms with Gasteiger partial charge in [0.25, 0.3) is 0 Å². The molecule has 1 aliphatic rings. The van der Waals surface area contributed by atoms with Gasteiger partial charge in [-0.3, -0.25) is 0 Å². The van der Waals surface area contributed by atoms with Gasteiger partial charge < -0.3 is 0 Å². The Balaban J connectivity index is 2.31. The normalized spacial score (nSPS) is 29.0. The van der Waals surface area contributed by atoms with Gasteiger partial charge in [-0.1, -0.05) is 25.9 Å². The minimum Gasteiger partial charge on any atom is -0.0605 e. The molecule has 0 nitrogen and oxygen atoms in total. The van der Waals surface area contributed by atoms with Crippen molar-refractivity contribution in [3.63, 3.8) is 0 Å². The van der Waals surface area contributed by atoms with Crippen LogP contribution in [0.2, 0.25) is 12.1 Å². The van der Waals surface area contributed by atoms with Crippen LogP contribution in [0.15, 0.2) is 0 Å². The van der Waals surface area contributed by atoms with Crippen molar-refractivity contribution in [1.82, 2.24) is 0 Å². The topological polar surface area (TPSA) is 0 Å². The van der Waals surface area contributed by atoms with Crippen LogP contribution in [0.25, 0.3) is 0 Å². The molecule has 0 spiro atoms. The molecular formula is C5H10Si. The Labute approximate surface area is 41.8 Å². The Morgan fingerprint density at radius 2 is 1.67 bits per heavy atom. The van der Waals surface area contributed by atoms with Crippen LogP contribution in [0.5, 0.6) is 0 Å². The van der Waals surface area contributed by atoms with Crippen LogP contribution in [0.3, 0.4) is 0 Å². The van der Waals surface area contributed by atoms with Gasteiger partial charge in [0, 0.05) is 9.52 Å². The molecule has 34 valence electrons. The van der Waals surface area contributed by atoms with Crippen molar-refractivity contribution in [1.29, 1.82) is 0 Å². The molecule has 0 amide bonds. The summed E-state index contributed by atoms with van der Waals surface area (Å²) in [5.41, 5.74) is 0.735. The van der Waals surface area contributed by atoms with Crippen LogP contribution < -0.4 is 0 Å². The van der Waals surface area contributed by atoms with E-state index >= 15 is 0 Å². The summed E-state index contributed by atoms with van der Waals surface area (Å²) in [6.45, 7) is 4.67. The van der Waals surface area contributed by atoms with Gasteiger partial charge in [-0.25, -0.2) is 0 Å². The van der Waals surface area contributed by atoms with Crippen molar-refractivity contribution in [2.45, 2.75) is 25.9 Å². The fourth-order valence-electron chi connectivity index (χ4n) is 0.625. The second-order valence-corrected chi connectivity index (χ2v) is 3.97. The number of hydrogen-bond acceptors (Lipinski definition) is 0. The molecular weight excluding hydrogens is 88.1 g/mol. The van der Waals surface area contributed by atoms with Crippen LogP contribution in [0.1, 0.15) is 13.8 Å². The average Bonchev–Trinajstić information content (AvgIpc) is 1.32. The van der Waals surface area contributed by atoms with Crippen LogP contribution in [-0.4, -0.2) is 9.52 Å². The number of hydrogen-bond donors (Lipinski definition) is 0. The molecule has 0 aromatic rings. The van der Waals surface area contributed by atoms with E-state index in [1.165, 1.54) is 21.6 Å². The number of rotatable bonds is 0. The summed E-state index contributed by atoms with van der Waals surface area (Å²) in [7, 11) is 1.27. The quantitative estimate of drug-likeness (QED) is 0.403. The Bertz CT molecular complexity index is 51.0. The smallest absolute Gasteiger partial charge is 0.0388 e. The summed E-state index contributed by atoms with van der Waals surface area (Å²) in [6, 6.07) is 2.96. The summed E-state index contributed by atoms with van der Waals surface area (Å²) in [5.74, 6) is 0. The highest BCUT2D eigenvalue weighted by Gasteiger charge is 2.25. The highest BCUT2D eigenvalue weighted by Crippen LogP contribution is 2.35. The Morgan fingerprint density at radius 1 is 1.33 bits per heavy atom. The average molecular weight is 98.2 g/mol. The first-order chi connectivity index (χ1) is 2.71. The fraction of sp³-hybridized carbons (Fsp3) is 1.00. The third kappa shape index (κ3) is 0.646. The lowest BCUT2D eigenvalue weighted by Crippen LogP contribution is -2.26. The molecule has 0 aliphatic carbocycles. The van der Waals surface area contributed by atoms with Gasteiger partial charge in [0.15, 0.2) is 0 Å². The molecule has 2 radical (unpaired) electrons. The van der Waals surface area contributed by atoms with Gasteiger partial charge in [0.05, 0.1) is 0 Å². The molecule has 0 bridgehead atoms. The van der Waals surface area contributed by atoms with E-state index in [0.717, 1.165) is 5.41 Å². The highest BCUT2D eigenvalue weighted by atomic mass is 28.2. The van der Waals surface area contributed by atoms with Crippen molar-refractivity contribution < 1.29 is 0 Å². The zero-order valence-corrected chi connectivity index (χ0v) is 5.41. The van der Waals surface area contributed by atoms with E-state index < -0.39 is 0 Å². The van der Waals surface area contributed by atoms with Crippen molar-refractivity contribution in [2.24, 2.45) is 5.41 Å². The monoisotopic (exact) mass is 98.1 g/mol. The van der Waals surface area contributed by atoms with Crippen molar-refractivity contribution in [3.8, 4) is 0 Å². The lowest BCUT2D eigenvalue weighted by atomic mass is 9.98. The third-order valence-electron chi connectivity index (χ3n) is 1.21. The molecule has 1 heterocycles. The maximum atomic E-state index is 2.34. The van der Waals surface area contributed by atoms with Crippen LogP contribution in [0.4, 0.5) is 0 Å². The van der Waals surface area contributed by atoms with E-state index in [1.807, 2.05) is 0 Å². The minimum absolute atomic E-state index is 0.735. The summed E-state index contributed by atoms with van der Waals surface area (Å²) in [5, 5.41) is 0. The molecule has 0 saturated carbocycles. The van der Waals surface area contributed by atoms with Crippen molar-refractivity contribution in [3.05, 3.63) is 0 Å². The maximum Gasteiger partial charge on any atom is 0.0388 e. The van der Waals surface area contributed by atoms with Gasteiger partial charge >= 0.3 is 0 Å². The Morgan fingerprint density at radius 3 is 1.67 bits per heavy atom. The van der Waals surface area contributed by atoms with Gasteiger partial charge in [-0.05, 0) is 5.41 Å². The molecule has 1 aliphatic heterocycles. The van der Waals surface area contributed by atoms with E-state index in [1.54, 1.807) is 0 Å². The SMILES string of the molecule is CC1(C)C[Si]C1. The van der Waals surface area contributed by atoms with Gasteiger partial charge in [0.1, 0.15) is 0 Å². The first kappa shape index (κ1) is 4.38. The standard InChI is InChI=1S/C5H10Si/c1-5(2)3-6-4-5/h3-4H2,1-2H3. The zero-order chi connectivity index (χ0) is 4.62. The predicted molar refractivity (Wildman–Crippen MR) is 29.1 cm³/mol. The Kier molecular flexibility index (Phi) is 0.797. The molecule has 0 aromatic carbocycles. The first-order valence-electron chi connectivity index (χ1n) is 2.41. The second kappa shape index (κ2) is 1.09. The van der Waals surface area contributed by atoms with Crippen molar-refractivity contribution >= 4 is 9.52 Å². The largest absolute Gasteiger partial charge is 0.0605 e. The van der Waals surface area contributed by atoms with Crippen LogP contribution in [0, 0.1) is 5.41 Å². The molecule has 0 unspecified atom stereocenters. The molecule has 0 atom stereocenters. The third-order valence-corrected chi connectivity index (χ3v) is 3.62. The van der Waals surface area contributed by atoms with E-state index in [4.69, 9.17) is 0 Å². The molecule has 6 heavy (non-hydrogen) atoms. The van der Waals surface area contributed by atoms with Crippen molar-refractivity contribution in [2.75, 3.05) is 0 Å². The molecule has 1 rings (SSSR count). The lowest BCUT2D eigenvalue weighted by molar-refractivity contribution is 0.421. The van der Waals surface area contributed by atoms with Crippen LogP contribution in [-0.2, 0) is 0 Å². The summed E-state index contributed by atoms with van der Waals surface area (Å²) < 4.78 is 0. The summed E-state index contributed by atoms with van der Waals surface area (Å²) in [4.78, 5) is 0. The molecule has 0 aromatic heterocycles. The van der Waals surface area contributed by atoms with E-state index in [0.29, 0.717) is 0 Å². The molecule has 1 fully saturated rings. The molecule has 1 heteroatoms. The van der Waals surface area contributed by atoms with Crippen LogP contribution >= 0.6 is 0 Å². The van der Waals surface area contributed by atoms with Gasteiger partial charge in [-0.15, -0.1) is 0 Å². The maximum absolute atomic E-state index is 2.34. The predicted octanol–water partition coefficient (Wildman–Crippen LogP) is 1.57. The molecule has 0 N–H and O–H groups in total. The lowest BCUT2D eigenvalue weighted by Gasteiger charge is -2.33. The van der Waals surface area contributed by atoms with Gasteiger partial charge in [-0.2, -0.15) is 0 Å². The zero-order valence-electron chi connectivity index (χ0n) is 4.41. The first-order valence-corrected chi connectivity index (χ1v) is 3.83. The summed E-state index contributed by atoms with van der Waals surface area (Å²) >= 11 is 0. The second-order valence-electron chi connectivity index (χ2n) is 2.77. The minimum atomic E-state index is 0.735. The van der Waals surface area contributed by atoms with E-state index in [9.17, 15) is 0 Å². The highest BCUT2D eigenvalue weighted by molar-refractivity contribution is 6.40.